The van der Waals surface area contributed by atoms with Crippen molar-refractivity contribution in [2.45, 2.75) is 12.8 Å². The Morgan fingerprint density at radius 1 is 1.17 bits per heavy atom. The number of fused-ring (bicyclic) bond motifs is 1. The van der Waals surface area contributed by atoms with Crippen molar-refractivity contribution in [3.8, 4) is 0 Å². The van der Waals surface area contributed by atoms with Gasteiger partial charge in [0.05, 0.1) is 6.42 Å². The lowest BCUT2D eigenvalue weighted by atomic mass is 10.1. The van der Waals surface area contributed by atoms with Crippen molar-refractivity contribution in [1.82, 2.24) is 20.4 Å². The quantitative estimate of drug-likeness (QED) is 0.496. The highest BCUT2D eigenvalue weighted by Gasteiger charge is 2.16. The van der Waals surface area contributed by atoms with Crippen molar-refractivity contribution in [3.05, 3.63) is 82.1 Å². The molecule has 4 rings (SSSR count). The fourth-order valence-corrected chi connectivity index (χ4v) is 3.17. The zero-order valence-electron chi connectivity index (χ0n) is 15.0. The van der Waals surface area contributed by atoms with Crippen LogP contribution in [0.1, 0.15) is 27.6 Å². The predicted octanol–water partition coefficient (Wildman–Crippen LogP) is 4.05. The van der Waals surface area contributed by atoms with Crippen molar-refractivity contribution in [2.75, 3.05) is 6.54 Å². The summed E-state index contributed by atoms with van der Waals surface area (Å²) in [6, 6.07) is 8.77. The fourth-order valence-electron chi connectivity index (χ4n) is 2.99. The molecule has 9 heteroatoms. The number of nitrogens with one attached hydrogen (secondary N) is 2. The number of benzene rings is 2. The molecule has 1 amide bonds. The van der Waals surface area contributed by atoms with Gasteiger partial charge < -0.3 is 14.8 Å². The van der Waals surface area contributed by atoms with Crippen LogP contribution in [0.5, 0.6) is 0 Å². The van der Waals surface area contributed by atoms with E-state index in [1.807, 2.05) is 18.3 Å². The van der Waals surface area contributed by atoms with Gasteiger partial charge >= 0.3 is 0 Å². The van der Waals surface area contributed by atoms with Gasteiger partial charge in [0.2, 0.25) is 5.89 Å². The van der Waals surface area contributed by atoms with Crippen LogP contribution in [-0.2, 0) is 12.8 Å². The highest BCUT2D eigenvalue weighted by Crippen LogP contribution is 2.22. The van der Waals surface area contributed by atoms with Gasteiger partial charge in [-0.3, -0.25) is 4.79 Å². The van der Waals surface area contributed by atoms with Crippen molar-refractivity contribution >= 4 is 28.4 Å². The van der Waals surface area contributed by atoms with Crippen molar-refractivity contribution < 1.29 is 18.1 Å². The molecule has 0 radical (unpaired) electrons. The highest BCUT2D eigenvalue weighted by atomic mass is 35.5. The minimum absolute atomic E-state index is 0.0392. The number of rotatable bonds is 6. The van der Waals surface area contributed by atoms with Crippen LogP contribution in [-0.4, -0.2) is 27.6 Å². The van der Waals surface area contributed by atoms with E-state index in [0.717, 1.165) is 28.6 Å². The van der Waals surface area contributed by atoms with E-state index in [4.69, 9.17) is 16.1 Å². The molecule has 0 fully saturated rings. The summed E-state index contributed by atoms with van der Waals surface area (Å²) in [6.07, 6.45) is 2.41. The van der Waals surface area contributed by atoms with E-state index in [9.17, 15) is 13.6 Å². The lowest BCUT2D eigenvalue weighted by Gasteiger charge is -2.02. The molecule has 0 atom stereocenters. The average molecular weight is 417 g/mol. The van der Waals surface area contributed by atoms with Crippen LogP contribution in [0.15, 0.2) is 47.1 Å². The number of nitrogens with zero attached hydrogens (tertiary/aromatic N) is 2. The molecular weight excluding hydrogens is 402 g/mol. The standard InChI is InChI=1S/C20H15ClF2N4O2/c21-13-2-4-17-15(8-13)12(10-25-17)5-6-24-20(28)19-26-18(29-27-19)7-11-1-3-14(22)9-16(11)23/h1-4,8-10,25H,5-7H2,(H,24,28). The summed E-state index contributed by atoms with van der Waals surface area (Å²) in [5, 5.41) is 7.97. The number of carbonyl (C=O) groups is 1. The van der Waals surface area contributed by atoms with Gasteiger partial charge in [-0.2, -0.15) is 4.98 Å². The molecule has 0 saturated carbocycles. The molecule has 29 heavy (non-hydrogen) atoms. The number of amides is 1. The van der Waals surface area contributed by atoms with Gasteiger partial charge in [0.25, 0.3) is 11.7 Å². The Kier molecular flexibility index (Phi) is 5.26. The maximum atomic E-state index is 13.7. The summed E-state index contributed by atoms with van der Waals surface area (Å²) in [6.45, 7) is 0.356. The number of carbonyl (C=O) groups excluding carboxylic acids is 1. The first kappa shape index (κ1) is 19.1. The minimum Gasteiger partial charge on any atom is -0.361 e. The molecule has 4 aromatic rings. The molecule has 2 aromatic heterocycles. The van der Waals surface area contributed by atoms with Crippen LogP contribution in [0.3, 0.4) is 0 Å². The normalized spacial score (nSPS) is 11.1. The molecule has 0 aliphatic carbocycles. The second-order valence-corrected chi connectivity index (χ2v) is 6.87. The molecule has 0 aliphatic heterocycles. The zero-order valence-corrected chi connectivity index (χ0v) is 15.8. The molecule has 148 valence electrons. The summed E-state index contributed by atoms with van der Waals surface area (Å²) >= 11 is 6.04. The third kappa shape index (κ3) is 4.27. The Balaban J connectivity index is 1.36. The van der Waals surface area contributed by atoms with Crippen molar-refractivity contribution in [3.63, 3.8) is 0 Å². The number of hydrogen-bond acceptors (Lipinski definition) is 4. The van der Waals surface area contributed by atoms with E-state index >= 15 is 0 Å². The number of halogens is 3. The highest BCUT2D eigenvalue weighted by molar-refractivity contribution is 6.31. The van der Waals surface area contributed by atoms with Gasteiger partial charge in [0.1, 0.15) is 11.6 Å². The molecule has 2 N–H and O–H groups in total. The maximum absolute atomic E-state index is 13.7. The SMILES string of the molecule is O=C(NCCc1c[nH]c2ccc(Cl)cc12)c1noc(Cc2ccc(F)cc2F)n1. The topological polar surface area (TPSA) is 83.8 Å². The zero-order chi connectivity index (χ0) is 20.4. The second-order valence-electron chi connectivity index (χ2n) is 6.43. The van der Waals surface area contributed by atoms with Gasteiger partial charge in [0.15, 0.2) is 0 Å². The van der Waals surface area contributed by atoms with E-state index in [0.29, 0.717) is 18.0 Å². The smallest absolute Gasteiger partial charge is 0.292 e. The molecule has 0 spiro atoms. The first-order chi connectivity index (χ1) is 14.0. The Morgan fingerprint density at radius 3 is 2.86 bits per heavy atom. The lowest BCUT2D eigenvalue weighted by Crippen LogP contribution is -2.26. The molecule has 0 aliphatic rings. The number of aromatic amines is 1. The average Bonchev–Trinajstić information content (AvgIpc) is 3.31. The van der Waals surface area contributed by atoms with Crippen molar-refractivity contribution in [2.24, 2.45) is 0 Å². The summed E-state index contributed by atoms with van der Waals surface area (Å²) in [7, 11) is 0. The Morgan fingerprint density at radius 2 is 2.03 bits per heavy atom. The molecule has 0 bridgehead atoms. The molecule has 0 unspecified atom stereocenters. The van der Waals surface area contributed by atoms with Crippen LogP contribution in [0.4, 0.5) is 8.78 Å². The van der Waals surface area contributed by atoms with Crippen LogP contribution in [0.25, 0.3) is 10.9 Å². The molecule has 2 aromatic carbocycles. The summed E-state index contributed by atoms with van der Waals surface area (Å²) in [5.41, 5.74) is 2.18. The van der Waals surface area contributed by atoms with E-state index in [1.54, 1.807) is 6.07 Å². The van der Waals surface area contributed by atoms with Gasteiger partial charge in [0, 0.05) is 34.7 Å². The first-order valence-corrected chi connectivity index (χ1v) is 9.17. The minimum atomic E-state index is -0.715. The maximum Gasteiger partial charge on any atom is 0.292 e. The molecule has 6 nitrogen and oxygen atoms in total. The summed E-state index contributed by atoms with van der Waals surface area (Å²) < 4.78 is 31.7. The molecule has 2 heterocycles. The Bertz CT molecular complexity index is 1190. The largest absolute Gasteiger partial charge is 0.361 e. The number of aromatic nitrogens is 3. The number of hydrogen-bond donors (Lipinski definition) is 2. The van der Waals surface area contributed by atoms with E-state index in [1.165, 1.54) is 6.07 Å². The van der Waals surface area contributed by atoms with Crippen LogP contribution < -0.4 is 5.32 Å². The third-order valence-electron chi connectivity index (χ3n) is 4.44. The lowest BCUT2D eigenvalue weighted by molar-refractivity contribution is 0.0941. The van der Waals surface area contributed by atoms with Crippen molar-refractivity contribution in [1.29, 1.82) is 0 Å². The first-order valence-electron chi connectivity index (χ1n) is 8.80. The summed E-state index contributed by atoms with van der Waals surface area (Å²) in [5.74, 6) is -1.98. The Labute approximate surface area is 168 Å². The van der Waals surface area contributed by atoms with E-state index < -0.39 is 17.5 Å². The third-order valence-corrected chi connectivity index (χ3v) is 4.67. The van der Waals surface area contributed by atoms with Gasteiger partial charge in [-0.05, 0) is 41.8 Å². The van der Waals surface area contributed by atoms with Crippen LogP contribution >= 0.6 is 11.6 Å². The van der Waals surface area contributed by atoms with Gasteiger partial charge in [-0.1, -0.05) is 22.8 Å². The van der Waals surface area contributed by atoms with Gasteiger partial charge in [-0.25, -0.2) is 8.78 Å². The van der Waals surface area contributed by atoms with E-state index in [2.05, 4.69) is 20.4 Å². The second kappa shape index (κ2) is 8.00. The van der Waals surface area contributed by atoms with E-state index in [-0.39, 0.29) is 23.7 Å². The van der Waals surface area contributed by atoms with Gasteiger partial charge in [-0.15, -0.1) is 0 Å². The van der Waals surface area contributed by atoms with Crippen LogP contribution in [0, 0.1) is 11.6 Å². The number of H-pyrrole nitrogens is 1. The predicted molar refractivity (Wildman–Crippen MR) is 103 cm³/mol. The Hall–Kier alpha value is -3.26. The van der Waals surface area contributed by atoms with Crippen LogP contribution in [0.2, 0.25) is 5.02 Å². The fraction of sp³-hybridized carbons (Fsp3) is 0.150. The summed E-state index contributed by atoms with van der Waals surface area (Å²) in [4.78, 5) is 19.3. The monoisotopic (exact) mass is 416 g/mol. The molecule has 0 saturated heterocycles. The molecular formula is C20H15ClF2N4O2.